The Labute approximate surface area is 215 Å². The zero-order chi connectivity index (χ0) is 25.1. The number of hydrogen-bond acceptors (Lipinski definition) is 4. The topological polar surface area (TPSA) is 68.6 Å². The van der Waals surface area contributed by atoms with Gasteiger partial charge in [-0.25, -0.2) is 4.98 Å². The Morgan fingerprint density at radius 1 is 0.973 bits per heavy atom. The van der Waals surface area contributed by atoms with Gasteiger partial charge in [-0.15, -0.1) is 0 Å². The molecule has 5 heteroatoms. The van der Waals surface area contributed by atoms with Gasteiger partial charge in [-0.1, -0.05) is 48.6 Å². The first kappa shape index (κ1) is 21.4. The molecule has 176 valence electrons. The van der Waals surface area contributed by atoms with Crippen LogP contribution < -0.4 is 4.90 Å². The quantitative estimate of drug-likeness (QED) is 0.324. The zero-order valence-corrected chi connectivity index (χ0v) is 20.4. The minimum Gasteiger partial charge on any atom is -0.318 e. The van der Waals surface area contributed by atoms with Crippen molar-refractivity contribution in [2.75, 3.05) is 4.90 Å². The van der Waals surface area contributed by atoms with Gasteiger partial charge in [-0.05, 0) is 67.8 Å². The molecule has 0 bridgehead atoms. The number of fused-ring (bicyclic) bond motifs is 6. The first-order valence-corrected chi connectivity index (χ1v) is 12.5. The normalized spacial score (nSPS) is 21.1. The number of allylic oxidation sites excluding steroid dienone is 3. The molecule has 0 amide bonds. The highest BCUT2D eigenvalue weighted by Crippen LogP contribution is 2.51. The molecule has 1 aliphatic heterocycles. The number of para-hydroxylation sites is 1. The summed E-state index contributed by atoms with van der Waals surface area (Å²) in [6.45, 7) is 2.20. The van der Waals surface area contributed by atoms with Crippen LogP contribution in [0.2, 0.25) is 0 Å². The number of nitrogens with zero attached hydrogens (tertiary/aromatic N) is 5. The standard InChI is InChI=1S/C32H23N5/c1-32-18-22(20-34)14-16-29(32)37(28-10-5-3-8-25(28)32)31-12-6-11-30(35-31)36-26-9-4-2-7-23(26)24-17-21(19-33)13-15-27(24)36/h2-3,5-8,10-18,29H,4,9H2,1H3. The Morgan fingerprint density at radius 3 is 2.70 bits per heavy atom. The smallest absolute Gasteiger partial charge is 0.139 e. The Hall–Kier alpha value is -4.87. The molecule has 0 fully saturated rings. The first-order chi connectivity index (χ1) is 18.1. The van der Waals surface area contributed by atoms with E-state index in [0.717, 1.165) is 41.1 Å². The van der Waals surface area contributed by atoms with Crippen LogP contribution in [0.4, 0.5) is 11.5 Å². The summed E-state index contributed by atoms with van der Waals surface area (Å²) in [6.07, 6.45) is 12.4. The maximum Gasteiger partial charge on any atom is 0.139 e. The predicted octanol–water partition coefficient (Wildman–Crippen LogP) is 6.65. The summed E-state index contributed by atoms with van der Waals surface area (Å²) in [5.74, 6) is 1.73. The molecule has 0 saturated heterocycles. The number of nitriles is 2. The summed E-state index contributed by atoms with van der Waals surface area (Å²) < 4.78 is 2.25. The molecule has 0 saturated carbocycles. The highest BCUT2D eigenvalue weighted by atomic mass is 15.3. The zero-order valence-electron chi connectivity index (χ0n) is 20.4. The summed E-state index contributed by atoms with van der Waals surface area (Å²) in [5, 5.41) is 20.2. The fourth-order valence-corrected chi connectivity index (χ4v) is 6.29. The summed E-state index contributed by atoms with van der Waals surface area (Å²) in [5.41, 5.74) is 6.79. The Kier molecular flexibility index (Phi) is 4.52. The molecule has 3 heterocycles. The summed E-state index contributed by atoms with van der Waals surface area (Å²) in [7, 11) is 0. The summed E-state index contributed by atoms with van der Waals surface area (Å²) in [6, 6.07) is 25.1. The van der Waals surface area contributed by atoms with E-state index in [1.807, 2.05) is 24.3 Å². The highest BCUT2D eigenvalue weighted by Gasteiger charge is 2.47. The monoisotopic (exact) mass is 477 g/mol. The minimum absolute atomic E-state index is 0.0150. The van der Waals surface area contributed by atoms with Gasteiger partial charge in [-0.3, -0.25) is 4.57 Å². The van der Waals surface area contributed by atoms with Crippen molar-refractivity contribution >= 4 is 28.5 Å². The minimum atomic E-state index is -0.327. The van der Waals surface area contributed by atoms with Gasteiger partial charge in [0.15, 0.2) is 0 Å². The SMILES string of the molecule is CC12C=C(C#N)C=CC1N(c1cccc(-n3c4c(c5cc(C#N)ccc53)C=CCC4)n1)c1ccccc12. The van der Waals surface area contributed by atoms with Crippen molar-refractivity contribution in [3.63, 3.8) is 0 Å². The second-order valence-electron chi connectivity index (χ2n) is 10.0. The lowest BCUT2D eigenvalue weighted by Gasteiger charge is -2.34. The van der Waals surface area contributed by atoms with Gasteiger partial charge < -0.3 is 4.90 Å². The van der Waals surface area contributed by atoms with Crippen LogP contribution in [0.15, 0.2) is 90.5 Å². The van der Waals surface area contributed by atoms with Gasteiger partial charge in [0.05, 0.1) is 29.3 Å². The van der Waals surface area contributed by atoms with Gasteiger partial charge in [0, 0.05) is 33.3 Å². The fourth-order valence-electron chi connectivity index (χ4n) is 6.29. The molecule has 5 nitrogen and oxygen atoms in total. The van der Waals surface area contributed by atoms with Gasteiger partial charge in [0.1, 0.15) is 11.6 Å². The molecule has 4 aromatic rings. The van der Waals surface area contributed by atoms with Crippen LogP contribution in [0.3, 0.4) is 0 Å². The van der Waals surface area contributed by atoms with Crippen LogP contribution in [-0.4, -0.2) is 15.6 Å². The average Bonchev–Trinajstić information content (AvgIpc) is 3.41. The first-order valence-electron chi connectivity index (χ1n) is 12.5. The molecule has 37 heavy (non-hydrogen) atoms. The number of rotatable bonds is 2. The van der Waals surface area contributed by atoms with Crippen LogP contribution in [0.5, 0.6) is 0 Å². The Morgan fingerprint density at radius 2 is 1.84 bits per heavy atom. The van der Waals surface area contributed by atoms with E-state index in [1.54, 1.807) is 0 Å². The Bertz CT molecular complexity index is 1790. The number of aromatic nitrogens is 2. The van der Waals surface area contributed by atoms with Gasteiger partial charge in [0.25, 0.3) is 0 Å². The molecule has 2 aromatic heterocycles. The van der Waals surface area contributed by atoms with E-state index in [-0.39, 0.29) is 11.5 Å². The van der Waals surface area contributed by atoms with Gasteiger partial charge >= 0.3 is 0 Å². The molecular formula is C32H23N5. The van der Waals surface area contributed by atoms with E-state index in [4.69, 9.17) is 4.98 Å². The molecule has 0 N–H and O–H groups in total. The van der Waals surface area contributed by atoms with E-state index < -0.39 is 0 Å². The third-order valence-corrected chi connectivity index (χ3v) is 7.94. The lowest BCUT2D eigenvalue weighted by Crippen LogP contribution is -2.40. The van der Waals surface area contributed by atoms with Crippen molar-refractivity contribution in [3.8, 4) is 18.0 Å². The largest absolute Gasteiger partial charge is 0.318 e. The van der Waals surface area contributed by atoms with E-state index in [2.05, 4.69) is 95.3 Å². The fraction of sp³-hybridized carbons (Fsp3) is 0.156. The van der Waals surface area contributed by atoms with E-state index >= 15 is 0 Å². The number of hydrogen-bond donors (Lipinski definition) is 0. The predicted molar refractivity (Wildman–Crippen MR) is 146 cm³/mol. The number of anilines is 2. The third kappa shape index (κ3) is 2.98. The molecule has 2 unspecified atom stereocenters. The van der Waals surface area contributed by atoms with Crippen molar-refractivity contribution < 1.29 is 0 Å². The molecule has 2 aliphatic carbocycles. The number of benzene rings is 2. The Balaban J connectivity index is 1.42. The van der Waals surface area contributed by atoms with Crippen molar-refractivity contribution in [2.24, 2.45) is 0 Å². The summed E-state index contributed by atoms with van der Waals surface area (Å²) >= 11 is 0. The second-order valence-corrected chi connectivity index (χ2v) is 10.0. The van der Waals surface area contributed by atoms with Crippen LogP contribution in [0.25, 0.3) is 22.8 Å². The van der Waals surface area contributed by atoms with Crippen molar-refractivity contribution in [2.45, 2.75) is 31.2 Å². The van der Waals surface area contributed by atoms with Crippen molar-refractivity contribution in [3.05, 3.63) is 113 Å². The summed E-state index contributed by atoms with van der Waals surface area (Å²) in [4.78, 5) is 7.54. The molecule has 3 aliphatic rings. The molecule has 0 radical (unpaired) electrons. The van der Waals surface area contributed by atoms with Gasteiger partial charge in [-0.2, -0.15) is 10.5 Å². The maximum atomic E-state index is 9.59. The third-order valence-electron chi connectivity index (χ3n) is 7.94. The highest BCUT2D eigenvalue weighted by molar-refractivity contribution is 5.94. The lowest BCUT2D eigenvalue weighted by atomic mass is 9.74. The maximum absolute atomic E-state index is 9.59. The van der Waals surface area contributed by atoms with Crippen molar-refractivity contribution in [1.82, 2.24) is 9.55 Å². The van der Waals surface area contributed by atoms with Crippen molar-refractivity contribution in [1.29, 1.82) is 10.5 Å². The van der Waals surface area contributed by atoms with Gasteiger partial charge in [0.2, 0.25) is 0 Å². The average molecular weight is 478 g/mol. The van der Waals surface area contributed by atoms with Crippen LogP contribution in [0, 0.1) is 22.7 Å². The van der Waals surface area contributed by atoms with E-state index in [9.17, 15) is 10.5 Å². The van der Waals surface area contributed by atoms with Crippen LogP contribution in [0.1, 0.15) is 35.7 Å². The lowest BCUT2D eigenvalue weighted by molar-refractivity contribution is 0.546. The van der Waals surface area contributed by atoms with E-state index in [0.29, 0.717) is 11.1 Å². The van der Waals surface area contributed by atoms with Crippen LogP contribution >= 0.6 is 0 Å². The molecule has 2 atom stereocenters. The van der Waals surface area contributed by atoms with Crippen LogP contribution in [-0.2, 0) is 11.8 Å². The van der Waals surface area contributed by atoms with E-state index in [1.165, 1.54) is 16.8 Å². The molecular weight excluding hydrogens is 454 g/mol. The second kappa shape index (κ2) is 7.82. The molecule has 2 aromatic carbocycles. The molecule has 7 rings (SSSR count). The number of pyridine rings is 1. The molecule has 0 spiro atoms.